The second-order valence-electron chi connectivity index (χ2n) is 5.78. The lowest BCUT2D eigenvalue weighted by Gasteiger charge is -2.18. The Hall–Kier alpha value is -1.89. The van der Waals surface area contributed by atoms with E-state index in [1.165, 1.54) is 0 Å². The number of carboxylic acid groups (broad SMARTS) is 1. The molecule has 1 aliphatic rings. The average molecular weight is 397 g/mol. The van der Waals surface area contributed by atoms with Crippen molar-refractivity contribution in [2.24, 2.45) is 5.92 Å². The average Bonchev–Trinajstić information content (AvgIpc) is 2.92. The van der Waals surface area contributed by atoms with E-state index in [1.54, 1.807) is 4.90 Å². The van der Waals surface area contributed by atoms with Crippen LogP contribution in [0, 0.1) is 5.92 Å². The van der Waals surface area contributed by atoms with Crippen LogP contribution < -0.4 is 10.2 Å². The number of benzene rings is 1. The van der Waals surface area contributed by atoms with Crippen LogP contribution in [0.2, 0.25) is 0 Å². The van der Waals surface area contributed by atoms with Gasteiger partial charge in [-0.05, 0) is 47.3 Å². The number of nitrogens with one attached hydrogen (secondary N) is 1. The summed E-state index contributed by atoms with van der Waals surface area (Å²) in [5, 5.41) is 11.3. The van der Waals surface area contributed by atoms with Gasteiger partial charge in [-0.2, -0.15) is 0 Å². The number of halogens is 1. The number of unbranched alkanes of at least 4 members (excludes halogenated alkanes) is 2. The number of carbonyl (C=O) groups excluding carboxylic acids is 2. The molecule has 1 unspecified atom stereocenters. The summed E-state index contributed by atoms with van der Waals surface area (Å²) < 4.78 is 0.831. The zero-order valence-electron chi connectivity index (χ0n) is 13.3. The van der Waals surface area contributed by atoms with Crippen LogP contribution in [0.1, 0.15) is 32.1 Å². The van der Waals surface area contributed by atoms with Crippen molar-refractivity contribution < 1.29 is 19.5 Å². The lowest BCUT2D eigenvalue weighted by atomic mass is 10.1. The molecule has 130 valence electrons. The molecule has 2 amide bonds. The first-order chi connectivity index (χ1) is 11.5. The fourth-order valence-corrected chi connectivity index (χ4v) is 3.24. The topological polar surface area (TPSA) is 86.7 Å². The van der Waals surface area contributed by atoms with Crippen molar-refractivity contribution in [1.82, 2.24) is 5.32 Å². The fourth-order valence-electron chi connectivity index (χ4n) is 2.75. The molecule has 24 heavy (non-hydrogen) atoms. The van der Waals surface area contributed by atoms with Crippen molar-refractivity contribution in [2.75, 3.05) is 18.0 Å². The molecule has 0 bridgehead atoms. The first kappa shape index (κ1) is 18.4. The minimum Gasteiger partial charge on any atom is -0.481 e. The molecule has 0 aromatic heterocycles. The van der Waals surface area contributed by atoms with Gasteiger partial charge in [-0.1, -0.05) is 18.6 Å². The maximum absolute atomic E-state index is 12.5. The van der Waals surface area contributed by atoms with Crippen molar-refractivity contribution in [3.8, 4) is 0 Å². The molecular weight excluding hydrogens is 376 g/mol. The fraction of sp³-hybridized carbons (Fsp3) is 0.471. The van der Waals surface area contributed by atoms with Crippen LogP contribution in [0.3, 0.4) is 0 Å². The van der Waals surface area contributed by atoms with E-state index < -0.39 is 11.9 Å². The number of para-hydroxylation sites is 1. The number of hydrogen-bond donors (Lipinski definition) is 2. The smallest absolute Gasteiger partial charge is 0.303 e. The van der Waals surface area contributed by atoms with E-state index in [1.807, 2.05) is 24.3 Å². The van der Waals surface area contributed by atoms with Crippen molar-refractivity contribution in [3.05, 3.63) is 28.7 Å². The molecule has 7 heteroatoms. The molecule has 6 nitrogen and oxygen atoms in total. The minimum atomic E-state index is -0.803. The number of hydrogen-bond acceptors (Lipinski definition) is 3. The molecule has 1 heterocycles. The Bertz CT molecular complexity index is 620. The summed E-state index contributed by atoms with van der Waals surface area (Å²) in [5.41, 5.74) is 0.784. The van der Waals surface area contributed by atoms with E-state index in [2.05, 4.69) is 21.2 Å². The maximum atomic E-state index is 12.5. The summed E-state index contributed by atoms with van der Waals surface area (Å²) in [6.07, 6.45) is 2.71. The van der Waals surface area contributed by atoms with E-state index in [4.69, 9.17) is 5.11 Å². The summed E-state index contributed by atoms with van der Waals surface area (Å²) in [6, 6.07) is 7.46. The lowest BCUT2D eigenvalue weighted by Crippen LogP contribution is -2.37. The van der Waals surface area contributed by atoms with Crippen molar-refractivity contribution >= 4 is 39.4 Å². The van der Waals surface area contributed by atoms with Crippen LogP contribution in [-0.2, 0) is 14.4 Å². The predicted molar refractivity (Wildman–Crippen MR) is 93.7 cm³/mol. The van der Waals surface area contributed by atoms with Gasteiger partial charge in [-0.15, -0.1) is 0 Å². The van der Waals surface area contributed by atoms with E-state index in [0.717, 1.165) is 16.6 Å². The third kappa shape index (κ3) is 4.80. The van der Waals surface area contributed by atoms with Gasteiger partial charge in [0.05, 0.1) is 5.69 Å². The van der Waals surface area contributed by atoms with Crippen LogP contribution in [0.5, 0.6) is 0 Å². The number of carbonyl (C=O) groups is 3. The zero-order valence-corrected chi connectivity index (χ0v) is 14.9. The van der Waals surface area contributed by atoms with E-state index >= 15 is 0 Å². The Morgan fingerprint density at radius 2 is 2.00 bits per heavy atom. The molecule has 0 spiro atoms. The van der Waals surface area contributed by atoms with Gasteiger partial charge < -0.3 is 15.3 Å². The van der Waals surface area contributed by atoms with Gasteiger partial charge in [0.15, 0.2) is 0 Å². The largest absolute Gasteiger partial charge is 0.481 e. The SMILES string of the molecule is O=C(O)CCCCCNC(=O)C1CCN(c2ccccc2Br)C1=O. The molecule has 1 aromatic carbocycles. The van der Waals surface area contributed by atoms with E-state index in [0.29, 0.717) is 32.4 Å². The number of anilines is 1. The summed E-state index contributed by atoms with van der Waals surface area (Å²) in [4.78, 5) is 36.7. The third-order valence-electron chi connectivity index (χ3n) is 4.03. The Balaban J connectivity index is 1.79. The third-order valence-corrected chi connectivity index (χ3v) is 4.70. The van der Waals surface area contributed by atoms with Gasteiger partial charge in [0, 0.05) is 24.0 Å². The highest BCUT2D eigenvalue weighted by molar-refractivity contribution is 9.10. The molecule has 0 aliphatic carbocycles. The highest BCUT2D eigenvalue weighted by atomic mass is 79.9. The van der Waals surface area contributed by atoms with Crippen LogP contribution >= 0.6 is 15.9 Å². The molecule has 0 radical (unpaired) electrons. The first-order valence-corrected chi connectivity index (χ1v) is 8.85. The number of rotatable bonds is 8. The monoisotopic (exact) mass is 396 g/mol. The van der Waals surface area contributed by atoms with Crippen molar-refractivity contribution in [1.29, 1.82) is 0 Å². The van der Waals surface area contributed by atoms with E-state index in [-0.39, 0.29) is 18.2 Å². The molecule has 1 atom stereocenters. The Morgan fingerprint density at radius 1 is 1.25 bits per heavy atom. The molecule has 2 rings (SSSR count). The predicted octanol–water partition coefficient (Wildman–Crippen LogP) is 2.56. The first-order valence-electron chi connectivity index (χ1n) is 8.06. The molecule has 1 aliphatic heterocycles. The van der Waals surface area contributed by atoms with Crippen LogP contribution in [-0.4, -0.2) is 36.0 Å². The molecule has 0 saturated carbocycles. The Kier molecular flexibility index (Phi) is 6.78. The normalized spacial score (nSPS) is 17.1. The number of carboxylic acids is 1. The minimum absolute atomic E-state index is 0.149. The Labute approximate surface area is 149 Å². The highest BCUT2D eigenvalue weighted by Gasteiger charge is 2.37. The van der Waals surface area contributed by atoms with Crippen LogP contribution in [0.15, 0.2) is 28.7 Å². The standard InChI is InChI=1S/C17H21BrN2O4/c18-13-6-3-4-7-14(13)20-11-9-12(17(20)24)16(23)19-10-5-1-2-8-15(21)22/h3-4,6-7,12H,1-2,5,8-11H2,(H,19,23)(H,21,22). The summed E-state index contributed by atoms with van der Waals surface area (Å²) in [5.74, 6) is -1.86. The van der Waals surface area contributed by atoms with Gasteiger partial charge >= 0.3 is 5.97 Å². The van der Waals surface area contributed by atoms with Gasteiger partial charge in [0.2, 0.25) is 11.8 Å². The van der Waals surface area contributed by atoms with Gasteiger partial charge in [-0.25, -0.2) is 0 Å². The number of aliphatic carboxylic acids is 1. The lowest BCUT2D eigenvalue weighted by molar-refractivity contribution is -0.137. The quantitative estimate of drug-likeness (QED) is 0.522. The summed E-state index contributed by atoms with van der Waals surface area (Å²) in [6.45, 7) is 0.995. The maximum Gasteiger partial charge on any atom is 0.303 e. The summed E-state index contributed by atoms with van der Waals surface area (Å²) >= 11 is 3.43. The van der Waals surface area contributed by atoms with Gasteiger partial charge in [0.1, 0.15) is 5.92 Å². The second-order valence-corrected chi connectivity index (χ2v) is 6.63. The zero-order chi connectivity index (χ0) is 17.5. The Morgan fingerprint density at radius 3 is 2.71 bits per heavy atom. The van der Waals surface area contributed by atoms with Gasteiger partial charge in [-0.3, -0.25) is 14.4 Å². The molecule has 1 aromatic rings. The molecule has 1 saturated heterocycles. The number of amides is 2. The van der Waals surface area contributed by atoms with Crippen molar-refractivity contribution in [2.45, 2.75) is 32.1 Å². The molecule has 1 fully saturated rings. The van der Waals surface area contributed by atoms with Crippen LogP contribution in [0.25, 0.3) is 0 Å². The second kappa shape index (κ2) is 8.82. The molecular formula is C17H21BrN2O4. The highest BCUT2D eigenvalue weighted by Crippen LogP contribution is 2.31. The number of nitrogens with zero attached hydrogens (tertiary/aromatic N) is 1. The van der Waals surface area contributed by atoms with Crippen LogP contribution in [0.4, 0.5) is 5.69 Å². The van der Waals surface area contributed by atoms with E-state index in [9.17, 15) is 14.4 Å². The molecule has 2 N–H and O–H groups in total. The van der Waals surface area contributed by atoms with Crippen molar-refractivity contribution in [3.63, 3.8) is 0 Å². The van der Waals surface area contributed by atoms with Gasteiger partial charge in [0.25, 0.3) is 0 Å². The summed E-state index contributed by atoms with van der Waals surface area (Å²) in [7, 11) is 0.